The summed E-state index contributed by atoms with van der Waals surface area (Å²) < 4.78 is 0.440. The predicted octanol–water partition coefficient (Wildman–Crippen LogP) is -0.250. The Labute approximate surface area is 163 Å². The molecule has 11 heteroatoms. The lowest BCUT2D eigenvalue weighted by Crippen LogP contribution is -2.46. The van der Waals surface area contributed by atoms with Crippen LogP contribution in [0.25, 0.3) is 10.3 Å². The first kappa shape index (κ1) is 18.3. The molecule has 0 saturated carbocycles. The lowest BCUT2D eigenvalue weighted by molar-refractivity contribution is 0.0958. The van der Waals surface area contributed by atoms with Crippen molar-refractivity contribution in [3.8, 4) is 0 Å². The van der Waals surface area contributed by atoms with Crippen LogP contribution in [-0.2, 0) is 6.54 Å². The molecule has 0 radical (unpaired) electrons. The van der Waals surface area contributed by atoms with Gasteiger partial charge in [-0.2, -0.15) is 0 Å². The van der Waals surface area contributed by atoms with Gasteiger partial charge in [0.25, 0.3) is 11.5 Å². The highest BCUT2D eigenvalue weighted by molar-refractivity contribution is 7.18. The van der Waals surface area contributed by atoms with Crippen LogP contribution in [0, 0.1) is 0 Å². The van der Waals surface area contributed by atoms with Crippen molar-refractivity contribution in [2.45, 2.75) is 6.54 Å². The van der Waals surface area contributed by atoms with E-state index in [1.54, 1.807) is 19.3 Å². The zero-order valence-electron chi connectivity index (χ0n) is 15.2. The molecule has 3 N–H and O–H groups in total. The highest BCUT2D eigenvalue weighted by atomic mass is 32.1. The number of hydrogen-bond donors (Lipinski definition) is 3. The quantitative estimate of drug-likeness (QED) is 0.550. The molecule has 3 aromatic heterocycles. The van der Waals surface area contributed by atoms with Crippen molar-refractivity contribution in [3.63, 3.8) is 0 Å². The summed E-state index contributed by atoms with van der Waals surface area (Å²) >= 11 is 1.30. The second-order valence-corrected chi connectivity index (χ2v) is 7.52. The molecule has 1 saturated heterocycles. The van der Waals surface area contributed by atoms with E-state index in [4.69, 9.17) is 0 Å². The number of anilines is 1. The molecule has 4 heterocycles. The first-order chi connectivity index (χ1) is 13.5. The number of carbonyl (C=O) groups excluding carboxylic acids is 1. The number of pyridine rings is 1. The Kier molecular flexibility index (Phi) is 4.92. The van der Waals surface area contributed by atoms with Crippen LogP contribution in [0.5, 0.6) is 0 Å². The van der Waals surface area contributed by atoms with Crippen LogP contribution in [0.1, 0.15) is 15.5 Å². The Morgan fingerprint density at radius 2 is 2.00 bits per heavy atom. The first-order valence-corrected chi connectivity index (χ1v) is 9.62. The van der Waals surface area contributed by atoms with Crippen molar-refractivity contribution in [2.75, 3.05) is 38.1 Å². The van der Waals surface area contributed by atoms with E-state index in [1.165, 1.54) is 11.3 Å². The largest absolute Gasteiger partial charge is 0.368 e. The second kappa shape index (κ2) is 7.52. The molecule has 1 aliphatic rings. The van der Waals surface area contributed by atoms with E-state index in [-0.39, 0.29) is 5.91 Å². The number of rotatable bonds is 4. The highest BCUT2D eigenvalue weighted by Gasteiger charge is 2.20. The van der Waals surface area contributed by atoms with Crippen LogP contribution >= 0.6 is 11.3 Å². The maximum Gasteiger partial charge on any atom is 0.327 e. The van der Waals surface area contributed by atoms with Gasteiger partial charge in [0.05, 0.1) is 18.4 Å². The van der Waals surface area contributed by atoms with E-state index in [9.17, 15) is 14.4 Å². The van der Waals surface area contributed by atoms with Gasteiger partial charge in [0.1, 0.15) is 15.4 Å². The number of H-pyrrole nitrogens is 2. The monoisotopic (exact) mass is 401 g/mol. The number of thiazole rings is 1. The van der Waals surface area contributed by atoms with Crippen molar-refractivity contribution in [2.24, 2.45) is 0 Å². The van der Waals surface area contributed by atoms with E-state index in [0.717, 1.165) is 36.9 Å². The number of fused-ring (bicyclic) bond motifs is 1. The molecule has 1 aliphatic heterocycles. The Bertz CT molecular complexity index is 1110. The summed E-state index contributed by atoms with van der Waals surface area (Å²) in [4.78, 5) is 52.6. The molecule has 0 aromatic carbocycles. The van der Waals surface area contributed by atoms with Crippen molar-refractivity contribution in [1.29, 1.82) is 0 Å². The van der Waals surface area contributed by atoms with Gasteiger partial charge in [-0.05, 0) is 12.1 Å². The van der Waals surface area contributed by atoms with Crippen molar-refractivity contribution >= 4 is 33.3 Å². The van der Waals surface area contributed by atoms with Crippen LogP contribution in [0.4, 0.5) is 5.69 Å². The summed E-state index contributed by atoms with van der Waals surface area (Å²) in [5.41, 5.74) is 0.777. The molecule has 1 amide bonds. The Hall–Kier alpha value is -3.05. The normalized spacial score (nSPS) is 15.1. The number of piperazine rings is 1. The Morgan fingerprint density at radius 3 is 2.68 bits per heavy atom. The standard InChI is InChI=1S/C17H19N7O3S/c1-18-15(25)11-3-2-10(8-19-11)24-6-4-23(5-7-24)9-12-20-14-13(28-12)16(26)22-17(27)21-14/h2-3,8H,4-7,9H2,1H3,(H,18,25)(H2,21,22,26,27). The van der Waals surface area contributed by atoms with E-state index in [1.807, 2.05) is 6.07 Å². The van der Waals surface area contributed by atoms with Gasteiger partial charge in [0.15, 0.2) is 5.65 Å². The maximum absolute atomic E-state index is 11.8. The second-order valence-electron chi connectivity index (χ2n) is 6.44. The van der Waals surface area contributed by atoms with E-state index in [0.29, 0.717) is 22.6 Å². The van der Waals surface area contributed by atoms with Crippen LogP contribution < -0.4 is 21.5 Å². The lowest BCUT2D eigenvalue weighted by atomic mass is 10.2. The maximum atomic E-state index is 11.8. The van der Waals surface area contributed by atoms with Crippen LogP contribution in [0.3, 0.4) is 0 Å². The fourth-order valence-corrected chi connectivity index (χ4v) is 4.12. The smallest absolute Gasteiger partial charge is 0.327 e. The van der Waals surface area contributed by atoms with Gasteiger partial charge in [-0.3, -0.25) is 24.5 Å². The van der Waals surface area contributed by atoms with Gasteiger partial charge < -0.3 is 10.2 Å². The van der Waals surface area contributed by atoms with E-state index >= 15 is 0 Å². The zero-order valence-corrected chi connectivity index (χ0v) is 16.0. The van der Waals surface area contributed by atoms with E-state index in [2.05, 4.69) is 35.1 Å². The fourth-order valence-electron chi connectivity index (χ4n) is 3.16. The predicted molar refractivity (Wildman–Crippen MR) is 106 cm³/mol. The number of amides is 1. The molecular formula is C17H19N7O3S. The molecule has 0 bridgehead atoms. The minimum atomic E-state index is -0.543. The zero-order chi connectivity index (χ0) is 19.7. The lowest BCUT2D eigenvalue weighted by Gasteiger charge is -2.35. The minimum absolute atomic E-state index is 0.201. The molecule has 0 atom stereocenters. The van der Waals surface area contributed by atoms with Gasteiger partial charge in [-0.15, -0.1) is 11.3 Å². The highest BCUT2D eigenvalue weighted by Crippen LogP contribution is 2.20. The van der Waals surface area contributed by atoms with Gasteiger partial charge >= 0.3 is 5.69 Å². The van der Waals surface area contributed by atoms with E-state index < -0.39 is 11.2 Å². The molecule has 0 aliphatic carbocycles. The Balaban J connectivity index is 1.39. The number of nitrogens with one attached hydrogen (secondary N) is 3. The summed E-state index contributed by atoms with van der Waals surface area (Å²) in [5.74, 6) is -0.201. The number of nitrogens with zero attached hydrogens (tertiary/aromatic N) is 4. The molecule has 28 heavy (non-hydrogen) atoms. The summed E-state index contributed by atoms with van der Waals surface area (Å²) in [5, 5.41) is 3.36. The number of aromatic amines is 2. The molecule has 3 aromatic rings. The third-order valence-corrected chi connectivity index (χ3v) is 5.68. The van der Waals surface area contributed by atoms with Crippen LogP contribution in [-0.4, -0.2) is 64.0 Å². The summed E-state index contributed by atoms with van der Waals surface area (Å²) in [6.45, 7) is 3.94. The molecular weight excluding hydrogens is 382 g/mol. The third kappa shape index (κ3) is 3.66. The first-order valence-electron chi connectivity index (χ1n) is 8.81. The van der Waals surface area contributed by atoms with Gasteiger partial charge in [-0.25, -0.2) is 14.8 Å². The average Bonchev–Trinajstić information content (AvgIpc) is 3.11. The number of hydrogen-bond acceptors (Lipinski definition) is 8. The Morgan fingerprint density at radius 1 is 1.21 bits per heavy atom. The number of carbonyl (C=O) groups is 1. The summed E-state index contributed by atoms with van der Waals surface area (Å²) in [6, 6.07) is 3.63. The summed E-state index contributed by atoms with van der Waals surface area (Å²) in [7, 11) is 1.58. The summed E-state index contributed by atoms with van der Waals surface area (Å²) in [6.07, 6.45) is 1.72. The van der Waals surface area contributed by atoms with Gasteiger partial charge in [-0.1, -0.05) is 0 Å². The van der Waals surface area contributed by atoms with Crippen LogP contribution in [0.2, 0.25) is 0 Å². The molecule has 10 nitrogen and oxygen atoms in total. The van der Waals surface area contributed by atoms with Crippen molar-refractivity contribution in [1.82, 2.24) is 30.2 Å². The van der Waals surface area contributed by atoms with Crippen molar-refractivity contribution in [3.05, 3.63) is 49.9 Å². The SMILES string of the molecule is CNC(=O)c1ccc(N2CCN(Cc3nc4[nH]c(=O)[nH]c(=O)c4s3)CC2)cn1. The van der Waals surface area contributed by atoms with Crippen LogP contribution in [0.15, 0.2) is 27.9 Å². The number of aromatic nitrogens is 4. The average molecular weight is 401 g/mol. The third-order valence-electron chi connectivity index (χ3n) is 4.64. The van der Waals surface area contributed by atoms with Gasteiger partial charge in [0, 0.05) is 33.2 Å². The molecule has 0 unspecified atom stereocenters. The van der Waals surface area contributed by atoms with Crippen molar-refractivity contribution < 1.29 is 4.79 Å². The topological polar surface area (TPSA) is 127 Å². The fraction of sp³-hybridized carbons (Fsp3) is 0.353. The molecule has 0 spiro atoms. The molecule has 146 valence electrons. The molecule has 4 rings (SSSR count). The minimum Gasteiger partial charge on any atom is -0.368 e. The van der Waals surface area contributed by atoms with Gasteiger partial charge in [0.2, 0.25) is 0 Å². The molecule has 1 fully saturated rings.